The summed E-state index contributed by atoms with van der Waals surface area (Å²) < 4.78 is 11.0. The monoisotopic (exact) mass is 293 g/mol. The van der Waals surface area contributed by atoms with Gasteiger partial charge in [0.15, 0.2) is 0 Å². The molecule has 1 aromatic carbocycles. The minimum absolute atomic E-state index is 0.655. The second-order valence-electron chi connectivity index (χ2n) is 6.37. The van der Waals surface area contributed by atoms with Gasteiger partial charge in [-0.1, -0.05) is 27.7 Å². The van der Waals surface area contributed by atoms with Gasteiger partial charge in [-0.25, -0.2) is 0 Å². The molecule has 0 aliphatic rings. The van der Waals surface area contributed by atoms with E-state index in [-0.39, 0.29) is 0 Å². The van der Waals surface area contributed by atoms with Crippen LogP contribution in [0.2, 0.25) is 0 Å². The third-order valence-corrected chi connectivity index (χ3v) is 3.72. The summed E-state index contributed by atoms with van der Waals surface area (Å²) in [6.07, 6.45) is 1.08. The second-order valence-corrected chi connectivity index (χ2v) is 6.37. The fourth-order valence-electron chi connectivity index (χ4n) is 2.23. The molecule has 0 aliphatic heterocycles. The first kappa shape index (κ1) is 17.8. The van der Waals surface area contributed by atoms with Gasteiger partial charge in [0.2, 0.25) is 0 Å². The molecular weight excluding hydrogens is 262 g/mol. The van der Waals surface area contributed by atoms with Gasteiger partial charge < -0.3 is 14.8 Å². The van der Waals surface area contributed by atoms with Crippen LogP contribution >= 0.6 is 0 Å². The van der Waals surface area contributed by atoms with Crippen molar-refractivity contribution in [3.63, 3.8) is 0 Å². The molecular formula is C18H31NO2. The van der Waals surface area contributed by atoms with Crippen molar-refractivity contribution in [1.29, 1.82) is 0 Å². The Kier molecular flexibility index (Phi) is 8.21. The Morgan fingerprint density at radius 1 is 0.952 bits per heavy atom. The fraction of sp³-hybridized carbons (Fsp3) is 0.667. The number of hydrogen-bond acceptors (Lipinski definition) is 3. The molecule has 21 heavy (non-hydrogen) atoms. The smallest absolute Gasteiger partial charge is 0.119 e. The van der Waals surface area contributed by atoms with Crippen LogP contribution < -0.4 is 14.8 Å². The highest BCUT2D eigenvalue weighted by Gasteiger charge is 2.13. The van der Waals surface area contributed by atoms with Crippen LogP contribution in [0.4, 0.5) is 0 Å². The third kappa shape index (κ3) is 7.37. The molecule has 0 aromatic heterocycles. The van der Waals surface area contributed by atoms with E-state index in [1.807, 2.05) is 24.3 Å². The van der Waals surface area contributed by atoms with E-state index < -0.39 is 0 Å². The molecule has 0 heterocycles. The molecule has 0 amide bonds. The zero-order chi connectivity index (χ0) is 15.7. The van der Waals surface area contributed by atoms with E-state index in [9.17, 15) is 0 Å². The molecule has 1 rings (SSSR count). The summed E-state index contributed by atoms with van der Waals surface area (Å²) in [4.78, 5) is 0. The third-order valence-electron chi connectivity index (χ3n) is 3.72. The lowest BCUT2D eigenvalue weighted by Gasteiger charge is -2.22. The Morgan fingerprint density at radius 2 is 1.57 bits per heavy atom. The Balaban J connectivity index is 2.31. The zero-order valence-corrected chi connectivity index (χ0v) is 14.2. The van der Waals surface area contributed by atoms with Crippen molar-refractivity contribution >= 4 is 0 Å². The summed E-state index contributed by atoms with van der Waals surface area (Å²) in [6, 6.07) is 7.78. The van der Waals surface area contributed by atoms with Crippen LogP contribution in [0.1, 0.15) is 34.1 Å². The zero-order valence-electron chi connectivity index (χ0n) is 14.2. The molecule has 0 fully saturated rings. The Hall–Kier alpha value is -1.22. The van der Waals surface area contributed by atoms with Crippen molar-refractivity contribution < 1.29 is 9.47 Å². The van der Waals surface area contributed by atoms with Crippen LogP contribution in [0.25, 0.3) is 0 Å². The van der Waals surface area contributed by atoms with Crippen LogP contribution in [0, 0.1) is 17.8 Å². The van der Waals surface area contributed by atoms with Crippen molar-refractivity contribution in [1.82, 2.24) is 5.32 Å². The van der Waals surface area contributed by atoms with E-state index in [0.717, 1.165) is 37.6 Å². The molecule has 0 bridgehead atoms. The summed E-state index contributed by atoms with van der Waals surface area (Å²) in [5.41, 5.74) is 0. The fourth-order valence-corrected chi connectivity index (χ4v) is 2.23. The number of methoxy groups -OCH3 is 1. The maximum atomic E-state index is 5.83. The maximum Gasteiger partial charge on any atom is 0.119 e. The molecule has 0 spiro atoms. The molecule has 0 radical (unpaired) electrons. The molecule has 0 saturated heterocycles. The Labute approximate surface area is 130 Å². The van der Waals surface area contributed by atoms with Gasteiger partial charge in [-0.15, -0.1) is 0 Å². The summed E-state index contributed by atoms with van der Waals surface area (Å²) in [5, 5.41) is 3.56. The van der Waals surface area contributed by atoms with Crippen LogP contribution in [0.5, 0.6) is 11.5 Å². The molecule has 1 unspecified atom stereocenters. The second kappa shape index (κ2) is 9.67. The average Bonchev–Trinajstić information content (AvgIpc) is 2.45. The molecule has 3 nitrogen and oxygen atoms in total. The number of rotatable bonds is 10. The quantitative estimate of drug-likeness (QED) is 0.708. The standard InChI is InChI=1S/C18H31NO2/c1-14(2)12-19-13-16(15(3)4)10-11-21-18-8-6-17(20-5)7-9-18/h6-9,14-16,19H,10-13H2,1-5H3. The van der Waals surface area contributed by atoms with E-state index in [2.05, 4.69) is 33.0 Å². The van der Waals surface area contributed by atoms with Gasteiger partial charge >= 0.3 is 0 Å². The summed E-state index contributed by atoms with van der Waals surface area (Å²) in [7, 11) is 1.67. The van der Waals surface area contributed by atoms with Gasteiger partial charge in [0.25, 0.3) is 0 Å². The van der Waals surface area contributed by atoms with Crippen molar-refractivity contribution in [2.24, 2.45) is 17.8 Å². The van der Waals surface area contributed by atoms with Crippen molar-refractivity contribution in [3.8, 4) is 11.5 Å². The van der Waals surface area contributed by atoms with Crippen LogP contribution in [0.15, 0.2) is 24.3 Å². The van der Waals surface area contributed by atoms with E-state index >= 15 is 0 Å². The highest BCUT2D eigenvalue weighted by atomic mass is 16.5. The molecule has 0 saturated carbocycles. The van der Waals surface area contributed by atoms with Gasteiger partial charge in [0.05, 0.1) is 13.7 Å². The van der Waals surface area contributed by atoms with Gasteiger partial charge in [-0.3, -0.25) is 0 Å². The number of ether oxygens (including phenoxy) is 2. The summed E-state index contributed by atoms with van der Waals surface area (Å²) >= 11 is 0. The van der Waals surface area contributed by atoms with Gasteiger partial charge in [-0.05, 0) is 61.5 Å². The normalized spacial score (nSPS) is 12.7. The number of hydrogen-bond donors (Lipinski definition) is 1. The average molecular weight is 293 g/mol. The molecule has 120 valence electrons. The maximum absolute atomic E-state index is 5.83. The number of benzene rings is 1. The molecule has 1 N–H and O–H groups in total. The van der Waals surface area contributed by atoms with E-state index in [1.165, 1.54) is 0 Å². The van der Waals surface area contributed by atoms with Crippen LogP contribution in [-0.4, -0.2) is 26.8 Å². The first-order chi connectivity index (χ1) is 10.0. The minimum Gasteiger partial charge on any atom is -0.497 e. The van der Waals surface area contributed by atoms with E-state index in [1.54, 1.807) is 7.11 Å². The lowest BCUT2D eigenvalue weighted by Crippen LogP contribution is -2.30. The Morgan fingerprint density at radius 3 is 2.10 bits per heavy atom. The lowest BCUT2D eigenvalue weighted by molar-refractivity contribution is 0.242. The van der Waals surface area contributed by atoms with E-state index in [4.69, 9.17) is 9.47 Å². The molecule has 1 aromatic rings. The Bertz CT molecular complexity index is 373. The highest BCUT2D eigenvalue weighted by Crippen LogP contribution is 2.19. The highest BCUT2D eigenvalue weighted by molar-refractivity contribution is 5.31. The first-order valence-corrected chi connectivity index (χ1v) is 8.00. The lowest BCUT2D eigenvalue weighted by atomic mass is 9.92. The minimum atomic E-state index is 0.655. The summed E-state index contributed by atoms with van der Waals surface area (Å²) in [6.45, 7) is 12.0. The topological polar surface area (TPSA) is 30.5 Å². The van der Waals surface area contributed by atoms with Gasteiger partial charge in [-0.2, -0.15) is 0 Å². The van der Waals surface area contributed by atoms with E-state index in [0.29, 0.717) is 17.8 Å². The molecule has 1 atom stereocenters. The predicted octanol–water partition coefficient (Wildman–Crippen LogP) is 3.98. The number of nitrogens with one attached hydrogen (secondary N) is 1. The van der Waals surface area contributed by atoms with Gasteiger partial charge in [0, 0.05) is 0 Å². The van der Waals surface area contributed by atoms with Crippen molar-refractivity contribution in [2.45, 2.75) is 34.1 Å². The largest absolute Gasteiger partial charge is 0.497 e. The van der Waals surface area contributed by atoms with Crippen molar-refractivity contribution in [3.05, 3.63) is 24.3 Å². The predicted molar refractivity (Wildman–Crippen MR) is 89.1 cm³/mol. The molecule has 3 heteroatoms. The summed E-state index contributed by atoms with van der Waals surface area (Å²) in [5.74, 6) is 3.80. The van der Waals surface area contributed by atoms with Crippen LogP contribution in [0.3, 0.4) is 0 Å². The van der Waals surface area contributed by atoms with Gasteiger partial charge in [0.1, 0.15) is 11.5 Å². The molecule has 0 aliphatic carbocycles. The first-order valence-electron chi connectivity index (χ1n) is 8.00. The van der Waals surface area contributed by atoms with Crippen LogP contribution in [-0.2, 0) is 0 Å². The SMILES string of the molecule is COc1ccc(OCCC(CNCC(C)C)C(C)C)cc1. The van der Waals surface area contributed by atoms with Crippen molar-refractivity contribution in [2.75, 3.05) is 26.8 Å².